The van der Waals surface area contributed by atoms with Crippen molar-refractivity contribution in [1.29, 1.82) is 0 Å². The highest BCUT2D eigenvalue weighted by Crippen LogP contribution is 2.47. The van der Waals surface area contributed by atoms with E-state index in [2.05, 4.69) is 37.8 Å². The Morgan fingerprint density at radius 2 is 0.717 bits per heavy atom. The van der Waals surface area contributed by atoms with Gasteiger partial charge in [0.25, 0.3) is 45.7 Å². The highest BCUT2D eigenvalue weighted by Gasteiger charge is 2.60. The Morgan fingerprint density at radius 3 is 1.10 bits per heavy atom. The van der Waals surface area contributed by atoms with Crippen molar-refractivity contribution in [1.82, 2.24) is 38.2 Å². The van der Waals surface area contributed by atoms with Crippen LogP contribution in [-0.4, -0.2) is 217 Å². The number of alkyl halides is 4. The normalized spacial score (nSPS) is 34.3. The van der Waals surface area contributed by atoms with Gasteiger partial charge in [0.15, 0.2) is 39.2 Å². The molecular formula is C40H56F4N8O33P4S3. The molecule has 20 N–H and O–H groups in total. The summed E-state index contributed by atoms with van der Waals surface area (Å²) in [6, 6.07) is 0. The maximum atomic E-state index is 15.0. The van der Waals surface area contributed by atoms with E-state index in [1.807, 2.05) is 4.98 Å². The third kappa shape index (κ3) is 19.0. The summed E-state index contributed by atoms with van der Waals surface area (Å²) in [5.41, 5.74) is -3.38. The SMILES string of the molecule is Cc1cn([C@@H]2O[C@](F)(COP(=O)(O)O)[C@@H](O)[C@H]2O)c(=O)[nH]c1=O.[2H]C([2H])(OP(=O)(O)O)[C@@]1(F)O[C@@H](n2cc(C)c(=O)[nH]c2=S)[C@H](O)[C@@H]1O.[2H]C([2H])(OP(=O)(O)O)[C@@]1(F)O[C@@]([2H])(n2cc(C)c(=O)[nH]c2=S)[C@H](O)[C@@H]1O.[2H][C@@]1(n2cc(C)c(=O)[nH]c2=S)O[C@](F)(COP(=O)(O)O)[C@@H](O)[C@H]1O. The summed E-state index contributed by atoms with van der Waals surface area (Å²) in [4.78, 5) is 135. The number of nitrogens with one attached hydrogen (secondary N) is 4. The van der Waals surface area contributed by atoms with Gasteiger partial charge in [-0.15, -0.1) is 0 Å². The van der Waals surface area contributed by atoms with E-state index in [-0.39, 0.29) is 27.0 Å². The molecule has 4 saturated heterocycles. The van der Waals surface area contributed by atoms with Gasteiger partial charge in [0.1, 0.15) is 75.2 Å². The molecule has 0 bridgehead atoms. The molecule has 52 heteroatoms. The lowest BCUT2D eigenvalue weighted by atomic mass is 10.1. The molecular weight excluding hydrogens is 1420 g/mol. The van der Waals surface area contributed by atoms with E-state index in [0.717, 1.165) is 29.4 Å². The lowest BCUT2D eigenvalue weighted by Gasteiger charge is -2.23. The number of phosphoric ester groups is 4. The maximum absolute atomic E-state index is 15.0. The number of nitrogens with zero attached hydrogens (tertiary/aromatic N) is 4. The van der Waals surface area contributed by atoms with Crippen LogP contribution in [0, 0.1) is 42.0 Å². The number of halogens is 4. The average Bonchev–Trinajstić information content (AvgIpc) is 1.57. The molecule has 0 saturated carbocycles. The van der Waals surface area contributed by atoms with Crippen molar-refractivity contribution >= 4 is 67.9 Å². The molecule has 41 nitrogen and oxygen atoms in total. The van der Waals surface area contributed by atoms with Crippen LogP contribution in [-0.2, 0) is 55.3 Å². The zero-order valence-electron chi connectivity index (χ0n) is 51.9. The first kappa shape index (κ1) is 69.0. The van der Waals surface area contributed by atoms with E-state index in [0.29, 0.717) is 13.7 Å². The Bertz CT molecular complexity index is 4390. The second kappa shape index (κ2) is 29.2. The molecule has 0 radical (unpaired) electrons. The van der Waals surface area contributed by atoms with Crippen LogP contribution in [0.2, 0.25) is 0 Å². The minimum absolute atomic E-state index is 0.0404. The van der Waals surface area contributed by atoms with Crippen LogP contribution < -0.4 is 27.9 Å². The van der Waals surface area contributed by atoms with Crippen molar-refractivity contribution in [3.8, 4) is 0 Å². The van der Waals surface area contributed by atoms with Crippen molar-refractivity contribution in [2.24, 2.45) is 0 Å². The number of rotatable bonds is 16. The molecule has 8 rings (SSSR count). The summed E-state index contributed by atoms with van der Waals surface area (Å²) < 4.78 is 183. The van der Waals surface area contributed by atoms with Crippen LogP contribution in [0.4, 0.5) is 17.6 Å². The Labute approximate surface area is 530 Å². The summed E-state index contributed by atoms with van der Waals surface area (Å²) in [6.45, 7) is -5.31. The molecule has 520 valence electrons. The Kier molecular flexibility index (Phi) is 21.9. The third-order valence-corrected chi connectivity index (χ3v) is 14.6. The number of aromatic nitrogens is 8. The molecule has 0 aromatic carbocycles. The number of aromatic amines is 4. The number of ether oxygens (including phenoxy) is 4. The van der Waals surface area contributed by atoms with E-state index in [1.54, 1.807) is 0 Å². The zero-order chi connectivity index (χ0) is 75.7. The van der Waals surface area contributed by atoms with Gasteiger partial charge < -0.3 is 98.9 Å². The second-order valence-corrected chi connectivity index (χ2v) is 25.1. The number of hydrogen-bond acceptors (Lipinski definition) is 28. The first-order valence-corrected chi connectivity index (χ1v) is 31.5. The molecule has 4 aliphatic heterocycles. The van der Waals surface area contributed by atoms with Gasteiger partial charge >= 0.3 is 37.0 Å². The fourth-order valence-corrected chi connectivity index (χ4v) is 9.44. The van der Waals surface area contributed by atoms with E-state index < -0.39 is 192 Å². The van der Waals surface area contributed by atoms with Crippen molar-refractivity contribution in [2.45, 2.75) is 125 Å². The molecule has 92 heavy (non-hydrogen) atoms. The number of H-pyrrole nitrogens is 4. The van der Waals surface area contributed by atoms with Crippen LogP contribution in [0.5, 0.6) is 0 Å². The van der Waals surface area contributed by atoms with Crippen LogP contribution in [0.1, 0.15) is 55.3 Å². The lowest BCUT2D eigenvalue weighted by Crippen LogP contribution is -2.43. The Morgan fingerprint density at radius 1 is 0.457 bits per heavy atom. The van der Waals surface area contributed by atoms with Gasteiger partial charge in [-0.05, 0) is 64.3 Å². The first-order valence-electron chi connectivity index (χ1n) is 27.2. The number of hydrogen-bond donors (Lipinski definition) is 20. The van der Waals surface area contributed by atoms with Gasteiger partial charge in [-0.2, -0.15) is 0 Å². The second-order valence-electron chi connectivity index (χ2n) is 19.1. The largest absolute Gasteiger partial charge is 0.469 e. The minimum atomic E-state index is -5.59. The van der Waals surface area contributed by atoms with Gasteiger partial charge in [0, 0.05) is 47.0 Å². The number of aliphatic hydroxyl groups is 8. The van der Waals surface area contributed by atoms with Crippen molar-refractivity contribution < 1.29 is 161 Å². The number of aryl methyl sites for hydroxylation is 4. The maximum Gasteiger partial charge on any atom is 0.469 e. The average molecular weight is 1480 g/mol. The van der Waals surface area contributed by atoms with Gasteiger partial charge in [-0.25, -0.2) is 40.6 Å². The molecule has 4 aromatic rings. The number of aliphatic hydroxyl groups excluding tert-OH is 8. The summed E-state index contributed by atoms with van der Waals surface area (Å²) in [5.74, 6) is -14.4. The van der Waals surface area contributed by atoms with E-state index in [1.165, 1.54) is 27.7 Å². The van der Waals surface area contributed by atoms with Gasteiger partial charge in [-0.1, -0.05) is 0 Å². The Hall–Kier alpha value is -4.34. The van der Waals surface area contributed by atoms with Crippen LogP contribution in [0.25, 0.3) is 0 Å². The molecule has 0 spiro atoms. The van der Waals surface area contributed by atoms with Gasteiger partial charge in [-0.3, -0.25) is 75.5 Å². The predicted molar refractivity (Wildman–Crippen MR) is 294 cm³/mol. The summed E-state index contributed by atoms with van der Waals surface area (Å²) in [6.07, 6.45) is -24.1. The quantitative estimate of drug-likeness (QED) is 0.0286. The summed E-state index contributed by atoms with van der Waals surface area (Å²) in [7, 11) is -21.2. The third-order valence-electron chi connectivity index (χ3n) is 12.1. The highest BCUT2D eigenvalue weighted by atomic mass is 32.1. The standard InChI is InChI=1S/C10H14FN2O9P.3C10H14FN2O8PS/c1-4-2-13(9(17)12-7(4)16)8-5(14)6(15)10(11,22-8)3-21-23(18,19)20;3*1-4-2-13(9(23)12-7(4)16)8-5(14)6(15)10(11,21-8)3-20-22(17,18)19/h2,5-6,8,14-15H,3H2,1H3,(H,12,16,17)(H2,18,19,20);3*2,5-6,8,14-15H,3H2,1H3,(H,12,16,23)(H2,17,18,19)/t4*5-,6+,8-,10-/m1111/s1/i;3D2,8D;8D;3D2. The number of phosphoric acid groups is 4. The first-order chi connectivity index (χ1) is 44.0. The van der Waals surface area contributed by atoms with E-state index in [9.17, 15) is 96.3 Å². The fourth-order valence-electron chi connectivity index (χ4n) is 7.54. The molecule has 4 aliphatic rings. The van der Waals surface area contributed by atoms with Crippen LogP contribution >= 0.6 is 67.9 Å². The van der Waals surface area contributed by atoms with Crippen LogP contribution in [0.3, 0.4) is 0 Å². The van der Waals surface area contributed by atoms with Gasteiger partial charge in [0.05, 0.1) is 8.22 Å². The highest BCUT2D eigenvalue weighted by molar-refractivity contribution is 7.71. The molecule has 0 amide bonds. The Balaban J connectivity index is 0.000000236. The van der Waals surface area contributed by atoms with E-state index in [4.69, 9.17) is 98.2 Å². The molecule has 0 unspecified atom stereocenters. The van der Waals surface area contributed by atoms with Crippen molar-refractivity contribution in [2.75, 3.05) is 26.3 Å². The molecule has 8 heterocycles. The molecule has 4 fully saturated rings. The van der Waals surface area contributed by atoms with Crippen molar-refractivity contribution in [3.05, 3.63) is 113 Å². The monoisotopic (exact) mass is 1480 g/mol. The van der Waals surface area contributed by atoms with Gasteiger partial charge in [0.2, 0.25) is 0 Å². The molecule has 4 aromatic heterocycles. The zero-order valence-corrected chi connectivity index (χ0v) is 51.9. The molecule has 0 aliphatic carbocycles. The minimum Gasteiger partial charge on any atom is -0.385 e. The lowest BCUT2D eigenvalue weighted by molar-refractivity contribution is -0.205. The summed E-state index contributed by atoms with van der Waals surface area (Å²) >= 11 is 14.5. The topological polar surface area (TPSA) is 634 Å². The molecule has 16 atom stereocenters. The van der Waals surface area contributed by atoms with E-state index >= 15 is 4.39 Å². The summed E-state index contributed by atoms with van der Waals surface area (Å²) in [5, 5.41) is 79.2. The smallest absolute Gasteiger partial charge is 0.385 e. The predicted octanol–water partition coefficient (Wildman–Crippen LogP) is -4.41. The fraction of sp³-hybridized carbons (Fsp3) is 0.600. The van der Waals surface area contributed by atoms with Crippen LogP contribution in [0.15, 0.2) is 48.8 Å². The van der Waals surface area contributed by atoms with Crippen molar-refractivity contribution in [3.63, 3.8) is 0 Å².